The van der Waals surface area contributed by atoms with Crippen LogP contribution in [0.1, 0.15) is 30.4 Å². The van der Waals surface area contributed by atoms with Crippen molar-refractivity contribution in [3.05, 3.63) is 89.5 Å². The molecule has 0 atom stereocenters. The van der Waals surface area contributed by atoms with Crippen molar-refractivity contribution in [2.24, 2.45) is 0 Å². The molecule has 2 heterocycles. The Bertz CT molecular complexity index is 989. The summed E-state index contributed by atoms with van der Waals surface area (Å²) in [5, 5.41) is 0. The van der Waals surface area contributed by atoms with E-state index >= 15 is 0 Å². The molecule has 6 heteroatoms. The second kappa shape index (κ2) is 7.93. The molecule has 0 N–H and O–H groups in total. The summed E-state index contributed by atoms with van der Waals surface area (Å²) in [6.07, 6.45) is 3.76. The Morgan fingerprint density at radius 3 is 1.87 bits per heavy atom. The fraction of sp³-hybridized carbons (Fsp3) is 0.250. The van der Waals surface area contributed by atoms with E-state index in [4.69, 9.17) is 9.47 Å². The molecule has 5 rings (SSSR count). The molecular weight excluding hydrogens is 404 g/mol. The van der Waals surface area contributed by atoms with Crippen LogP contribution in [0.15, 0.2) is 71.6 Å². The van der Waals surface area contributed by atoms with Crippen molar-refractivity contribution in [1.82, 2.24) is 4.31 Å². The van der Waals surface area contributed by atoms with Crippen LogP contribution in [0.4, 0.5) is 8.78 Å². The Labute approximate surface area is 178 Å². The maximum absolute atomic E-state index is 13.6. The summed E-state index contributed by atoms with van der Waals surface area (Å²) in [5.74, 6) is -0.728. The number of benzene rings is 3. The summed E-state index contributed by atoms with van der Waals surface area (Å²) in [6.45, 7) is 2.20. The lowest BCUT2D eigenvalue weighted by Gasteiger charge is -2.28. The molecule has 0 bridgehead atoms. The maximum atomic E-state index is 13.6. The van der Waals surface area contributed by atoms with Crippen LogP contribution in [0.2, 0.25) is 0 Å². The van der Waals surface area contributed by atoms with Crippen LogP contribution in [0.3, 0.4) is 0 Å². The minimum absolute atomic E-state index is 0.342. The van der Waals surface area contributed by atoms with Gasteiger partial charge < -0.3 is 9.47 Å². The molecule has 154 valence electrons. The smallest absolute Gasteiger partial charge is 0.305 e. The number of ether oxygens (including phenoxy) is 2. The first-order valence-electron chi connectivity index (χ1n) is 10.1. The Morgan fingerprint density at radius 1 is 0.700 bits per heavy atom. The van der Waals surface area contributed by atoms with Crippen molar-refractivity contribution in [2.45, 2.75) is 29.9 Å². The van der Waals surface area contributed by atoms with Gasteiger partial charge in [-0.15, -0.1) is 4.31 Å². The van der Waals surface area contributed by atoms with Gasteiger partial charge in [-0.1, -0.05) is 6.42 Å². The zero-order valence-corrected chi connectivity index (χ0v) is 17.2. The topological polar surface area (TPSA) is 21.7 Å². The van der Waals surface area contributed by atoms with E-state index in [1.807, 2.05) is 18.2 Å². The standard InChI is InChI=1S/C24H21F2NO2S/c25-19-8-4-17(5-9-19)24(18-6-10-20(26)11-7-18)28-22-13-12-21(16-23(22)29-24)30-27-14-2-1-3-15-27/h4-13,16H,1-3,14-15H2/p+1. The van der Waals surface area contributed by atoms with Crippen molar-refractivity contribution in [3.63, 3.8) is 0 Å². The predicted molar refractivity (Wildman–Crippen MR) is 114 cm³/mol. The molecule has 2 aliphatic rings. The number of fused-ring (bicyclic) bond motifs is 1. The summed E-state index contributed by atoms with van der Waals surface area (Å²) < 4.78 is 42.2. The Morgan fingerprint density at radius 2 is 1.27 bits per heavy atom. The van der Waals surface area contributed by atoms with Gasteiger partial charge >= 0.3 is 5.79 Å². The zero-order valence-electron chi connectivity index (χ0n) is 16.4. The van der Waals surface area contributed by atoms with E-state index in [-0.39, 0.29) is 11.6 Å². The van der Waals surface area contributed by atoms with Gasteiger partial charge in [-0.3, -0.25) is 0 Å². The van der Waals surface area contributed by atoms with Gasteiger partial charge in [0.2, 0.25) is 0 Å². The quantitative estimate of drug-likeness (QED) is 0.422. The van der Waals surface area contributed by atoms with Crippen LogP contribution >= 0.6 is 0 Å². The first-order chi connectivity index (χ1) is 14.6. The van der Waals surface area contributed by atoms with Crippen LogP contribution in [0.25, 0.3) is 0 Å². The molecule has 3 aromatic rings. The maximum Gasteiger partial charge on any atom is 0.305 e. The number of thiol groups is 1. The van der Waals surface area contributed by atoms with E-state index in [9.17, 15) is 8.78 Å². The van der Waals surface area contributed by atoms with Gasteiger partial charge in [-0.05, 0) is 73.5 Å². The summed E-state index contributed by atoms with van der Waals surface area (Å²) in [5.41, 5.74) is 1.28. The fourth-order valence-electron chi connectivity index (χ4n) is 3.94. The Hall–Kier alpha value is -2.57. The predicted octanol–water partition coefficient (Wildman–Crippen LogP) is 5.21. The monoisotopic (exact) mass is 426 g/mol. The van der Waals surface area contributed by atoms with Crippen molar-refractivity contribution in [2.75, 3.05) is 13.1 Å². The highest BCUT2D eigenvalue weighted by molar-refractivity contribution is 7.76. The van der Waals surface area contributed by atoms with Crippen LogP contribution in [-0.4, -0.2) is 17.4 Å². The summed E-state index contributed by atoms with van der Waals surface area (Å²) in [4.78, 5) is 1.13. The van der Waals surface area contributed by atoms with Gasteiger partial charge in [0.05, 0.1) is 11.9 Å². The molecule has 0 spiro atoms. The summed E-state index contributed by atoms with van der Waals surface area (Å²) in [7, 11) is 0. The number of halogens is 2. The molecule has 0 unspecified atom stereocenters. The molecule has 0 amide bonds. The minimum atomic E-state index is -1.29. The highest BCUT2D eigenvalue weighted by atomic mass is 32.2. The van der Waals surface area contributed by atoms with E-state index in [2.05, 4.69) is 4.31 Å². The average molecular weight is 427 g/mol. The van der Waals surface area contributed by atoms with Gasteiger partial charge in [0, 0.05) is 30.3 Å². The molecule has 30 heavy (non-hydrogen) atoms. The third kappa shape index (κ3) is 3.66. The lowest BCUT2D eigenvalue weighted by Crippen LogP contribution is -2.36. The SMILES string of the molecule is Fc1ccc(C2(c3ccc(F)cc3)Oc3ccc([SH+]N4CCCCC4)cc3O2)cc1. The highest BCUT2D eigenvalue weighted by Crippen LogP contribution is 2.48. The summed E-state index contributed by atoms with van der Waals surface area (Å²) >= 11 is 1.16. The third-order valence-corrected chi connectivity index (χ3v) is 6.66. The number of piperidine rings is 1. The van der Waals surface area contributed by atoms with Gasteiger partial charge in [-0.25, -0.2) is 8.78 Å². The Kier molecular flexibility index (Phi) is 5.13. The van der Waals surface area contributed by atoms with Crippen LogP contribution in [0.5, 0.6) is 11.5 Å². The number of hydrogen-bond acceptors (Lipinski definition) is 3. The number of hydrogen-bond donors (Lipinski definition) is 0. The van der Waals surface area contributed by atoms with Crippen molar-refractivity contribution >= 4 is 11.9 Å². The molecule has 3 nitrogen and oxygen atoms in total. The van der Waals surface area contributed by atoms with Crippen LogP contribution in [0, 0.1) is 11.6 Å². The lowest BCUT2D eigenvalue weighted by atomic mass is 9.97. The van der Waals surface area contributed by atoms with E-state index in [0.717, 1.165) is 29.9 Å². The molecule has 0 aliphatic carbocycles. The minimum Gasteiger partial charge on any atom is -0.440 e. The van der Waals surface area contributed by atoms with Gasteiger partial charge in [0.15, 0.2) is 16.4 Å². The zero-order chi connectivity index (χ0) is 20.6. The lowest BCUT2D eigenvalue weighted by molar-refractivity contribution is -0.0460. The third-order valence-electron chi connectivity index (χ3n) is 5.47. The van der Waals surface area contributed by atoms with Crippen molar-refractivity contribution < 1.29 is 18.3 Å². The fourth-order valence-corrected chi connectivity index (χ4v) is 5.06. The molecule has 3 aromatic carbocycles. The second-order valence-electron chi connectivity index (χ2n) is 7.58. The molecular formula is C24H22F2NO2S+. The highest BCUT2D eigenvalue weighted by Gasteiger charge is 2.46. The van der Waals surface area contributed by atoms with Crippen molar-refractivity contribution in [3.8, 4) is 11.5 Å². The second-order valence-corrected chi connectivity index (χ2v) is 8.86. The molecule has 1 saturated heterocycles. The molecule has 2 aliphatic heterocycles. The Balaban J connectivity index is 1.50. The van der Waals surface area contributed by atoms with Crippen molar-refractivity contribution in [1.29, 1.82) is 0 Å². The normalized spacial score (nSPS) is 17.8. The van der Waals surface area contributed by atoms with E-state index in [1.54, 1.807) is 24.3 Å². The van der Waals surface area contributed by atoms with Crippen LogP contribution in [-0.2, 0) is 17.7 Å². The van der Waals surface area contributed by atoms with Gasteiger partial charge in [-0.2, -0.15) is 0 Å². The van der Waals surface area contributed by atoms with Gasteiger partial charge in [0.25, 0.3) is 0 Å². The van der Waals surface area contributed by atoms with Gasteiger partial charge in [0.1, 0.15) is 11.6 Å². The molecule has 1 fully saturated rings. The molecule has 0 saturated carbocycles. The van der Waals surface area contributed by atoms with Crippen LogP contribution < -0.4 is 9.47 Å². The van der Waals surface area contributed by atoms with E-state index in [1.165, 1.54) is 43.5 Å². The first kappa shape index (κ1) is 19.4. The van der Waals surface area contributed by atoms with E-state index in [0.29, 0.717) is 22.6 Å². The first-order valence-corrected chi connectivity index (χ1v) is 11.0. The molecule has 0 aromatic heterocycles. The molecule has 0 radical (unpaired) electrons. The summed E-state index contributed by atoms with van der Waals surface area (Å²) in [6, 6.07) is 18.0. The largest absolute Gasteiger partial charge is 0.440 e. The van der Waals surface area contributed by atoms with E-state index < -0.39 is 5.79 Å². The number of nitrogens with zero attached hydrogens (tertiary/aromatic N) is 1. The average Bonchev–Trinajstić information content (AvgIpc) is 3.15. The number of rotatable bonds is 4.